The third-order valence-electron chi connectivity index (χ3n) is 9.80. The van der Waals surface area contributed by atoms with Crippen LogP contribution in [0.25, 0.3) is 0 Å². The molecule has 0 saturated carbocycles. The van der Waals surface area contributed by atoms with Gasteiger partial charge in [0.1, 0.15) is 0 Å². The average Bonchev–Trinajstić information content (AvgIpc) is 2.62. The number of likely N-dealkylation sites (tertiary alicyclic amines) is 2. The number of carbonyl (C=O) groups excluding carboxylic acids is 2. The molecule has 2 fully saturated rings. The Kier molecular flexibility index (Phi) is 7.71. The first-order valence-corrected chi connectivity index (χ1v) is 13.1. The minimum Gasteiger partial charge on any atom is -0.548 e. The Morgan fingerprint density at radius 1 is 0.743 bits per heavy atom. The second-order valence-corrected chi connectivity index (χ2v) is 14.7. The number of hydrogen-bond acceptors (Lipinski definition) is 7. The van der Waals surface area contributed by atoms with Gasteiger partial charge in [0, 0.05) is 28.2 Å². The summed E-state index contributed by atoms with van der Waals surface area (Å²) < 4.78 is 0. The van der Waals surface area contributed by atoms with Crippen molar-refractivity contribution in [2.45, 2.75) is 148 Å². The zero-order chi connectivity index (χ0) is 27.6. The molecule has 0 N–H and O–H groups in total. The average molecular weight is 494 g/mol. The summed E-state index contributed by atoms with van der Waals surface area (Å²) in [5.74, 6) is -2.37. The Balaban J connectivity index is 2.62. The van der Waals surface area contributed by atoms with Gasteiger partial charge < -0.3 is 19.8 Å². The highest BCUT2D eigenvalue weighted by Crippen LogP contribution is 2.48. The van der Waals surface area contributed by atoms with Crippen molar-refractivity contribution in [2.24, 2.45) is 5.92 Å². The van der Waals surface area contributed by atoms with Gasteiger partial charge in [-0.1, -0.05) is 0 Å². The van der Waals surface area contributed by atoms with Crippen LogP contribution in [0.3, 0.4) is 0 Å². The molecule has 2 rings (SSSR count). The predicted octanol–water partition coefficient (Wildman–Crippen LogP) is 2.27. The van der Waals surface area contributed by atoms with Crippen molar-refractivity contribution in [2.75, 3.05) is 14.1 Å². The third-order valence-corrected chi connectivity index (χ3v) is 9.80. The third kappa shape index (κ3) is 5.42. The molecule has 2 aliphatic rings. The molecule has 0 spiro atoms. The SMILES string of the molecule is CN1C(C)(C)CC(CC(C)(C(=O)[O-])N(C2CC(C)(C)N(C)C(C)(C)C2)C(C)(C)C(=O)[O-])CC1(C)C. The van der Waals surface area contributed by atoms with Gasteiger partial charge in [-0.15, -0.1) is 0 Å². The van der Waals surface area contributed by atoms with E-state index in [4.69, 9.17) is 0 Å². The maximum absolute atomic E-state index is 13.0. The van der Waals surface area contributed by atoms with Crippen molar-refractivity contribution in [3.05, 3.63) is 0 Å². The van der Waals surface area contributed by atoms with Crippen LogP contribution in [0.15, 0.2) is 0 Å². The second-order valence-electron chi connectivity index (χ2n) is 14.7. The van der Waals surface area contributed by atoms with E-state index in [9.17, 15) is 19.8 Å². The van der Waals surface area contributed by atoms with Gasteiger partial charge in [-0.25, -0.2) is 0 Å². The van der Waals surface area contributed by atoms with Crippen molar-refractivity contribution >= 4 is 11.9 Å². The number of piperidine rings is 2. The highest BCUT2D eigenvalue weighted by molar-refractivity contribution is 5.81. The quantitative estimate of drug-likeness (QED) is 0.537. The van der Waals surface area contributed by atoms with Gasteiger partial charge in [0.2, 0.25) is 0 Å². The number of nitrogens with zero attached hydrogens (tertiary/aromatic N) is 3. The number of carbonyl (C=O) groups is 2. The molecule has 0 bridgehead atoms. The second kappa shape index (κ2) is 8.98. The molecular weight excluding hydrogens is 442 g/mol. The van der Waals surface area contributed by atoms with E-state index in [0.29, 0.717) is 19.3 Å². The van der Waals surface area contributed by atoms with E-state index < -0.39 is 23.0 Å². The van der Waals surface area contributed by atoms with Crippen molar-refractivity contribution in [3.8, 4) is 0 Å². The lowest BCUT2D eigenvalue weighted by atomic mass is 9.68. The van der Waals surface area contributed by atoms with E-state index in [0.717, 1.165) is 12.8 Å². The first kappa shape index (κ1) is 30.0. The van der Waals surface area contributed by atoms with Gasteiger partial charge in [-0.3, -0.25) is 14.7 Å². The molecule has 1 atom stereocenters. The number of carboxylic acids is 2. The van der Waals surface area contributed by atoms with Gasteiger partial charge in [0.15, 0.2) is 0 Å². The lowest BCUT2D eigenvalue weighted by molar-refractivity contribution is -0.334. The molecule has 7 nitrogen and oxygen atoms in total. The van der Waals surface area contributed by atoms with Crippen LogP contribution in [-0.2, 0) is 9.59 Å². The van der Waals surface area contributed by atoms with Gasteiger partial charge in [0.05, 0.1) is 23.0 Å². The summed E-state index contributed by atoms with van der Waals surface area (Å²) in [6.07, 6.45) is 3.30. The Labute approximate surface area is 214 Å². The topological polar surface area (TPSA) is 90.0 Å². The number of aliphatic carboxylic acids is 2. The molecular formula is C28H51N3O4-2. The summed E-state index contributed by atoms with van der Waals surface area (Å²) >= 11 is 0. The largest absolute Gasteiger partial charge is 0.548 e. The van der Waals surface area contributed by atoms with Gasteiger partial charge >= 0.3 is 0 Å². The zero-order valence-corrected chi connectivity index (χ0v) is 24.7. The summed E-state index contributed by atoms with van der Waals surface area (Å²) in [6, 6.07) is -0.265. The van der Waals surface area contributed by atoms with E-state index in [1.165, 1.54) is 0 Å². The maximum atomic E-state index is 13.0. The molecule has 1 unspecified atom stereocenters. The van der Waals surface area contributed by atoms with E-state index in [-0.39, 0.29) is 34.1 Å². The summed E-state index contributed by atoms with van der Waals surface area (Å²) in [4.78, 5) is 32.0. The normalized spacial score (nSPS) is 27.5. The number of rotatable bonds is 7. The lowest BCUT2D eigenvalue weighted by Gasteiger charge is -2.62. The Hall–Kier alpha value is -1.18. The van der Waals surface area contributed by atoms with Crippen molar-refractivity contribution < 1.29 is 19.8 Å². The van der Waals surface area contributed by atoms with Crippen LogP contribution in [0.1, 0.15) is 108 Å². The van der Waals surface area contributed by atoms with E-state index in [1.807, 2.05) is 0 Å². The van der Waals surface area contributed by atoms with Crippen LogP contribution in [-0.4, -0.2) is 80.0 Å². The van der Waals surface area contributed by atoms with E-state index in [1.54, 1.807) is 25.7 Å². The Bertz CT molecular complexity index is 796. The number of hydrogen-bond donors (Lipinski definition) is 0. The summed E-state index contributed by atoms with van der Waals surface area (Å²) in [7, 11) is 4.22. The van der Waals surface area contributed by atoms with Crippen LogP contribution in [0.2, 0.25) is 0 Å². The molecule has 2 heterocycles. The van der Waals surface area contributed by atoms with E-state index in [2.05, 4.69) is 79.3 Å². The van der Waals surface area contributed by atoms with Crippen LogP contribution in [0, 0.1) is 5.92 Å². The van der Waals surface area contributed by atoms with Crippen LogP contribution < -0.4 is 10.2 Å². The molecule has 0 aliphatic carbocycles. The molecule has 0 radical (unpaired) electrons. The highest BCUT2D eigenvalue weighted by atomic mass is 16.4. The molecule has 204 valence electrons. The molecule has 2 saturated heterocycles. The minimum atomic E-state index is -1.49. The van der Waals surface area contributed by atoms with Crippen molar-refractivity contribution in [1.82, 2.24) is 14.7 Å². The summed E-state index contributed by atoms with van der Waals surface area (Å²) in [5.41, 5.74) is -3.65. The Morgan fingerprint density at radius 3 is 1.40 bits per heavy atom. The molecule has 0 aromatic heterocycles. The van der Waals surface area contributed by atoms with Crippen molar-refractivity contribution in [3.63, 3.8) is 0 Å². The predicted molar refractivity (Wildman–Crippen MR) is 137 cm³/mol. The van der Waals surface area contributed by atoms with Gasteiger partial charge in [-0.05, 0) is 128 Å². The zero-order valence-electron chi connectivity index (χ0n) is 24.7. The maximum Gasteiger partial charge on any atom is 0.0615 e. The van der Waals surface area contributed by atoms with Crippen molar-refractivity contribution in [1.29, 1.82) is 0 Å². The first-order chi connectivity index (χ1) is 15.4. The van der Waals surface area contributed by atoms with Crippen LogP contribution in [0.5, 0.6) is 0 Å². The minimum absolute atomic E-state index is 0.103. The molecule has 0 aromatic carbocycles. The Morgan fingerprint density at radius 2 is 1.09 bits per heavy atom. The fraction of sp³-hybridized carbons (Fsp3) is 0.929. The highest BCUT2D eigenvalue weighted by Gasteiger charge is 2.54. The summed E-state index contributed by atoms with van der Waals surface area (Å²) in [6.45, 7) is 22.2. The standard InChI is InChI=1S/C28H53N3O4/c1-23(2)14-19(15-24(3,4)29(23)12)16-28(11,22(34)35)31(27(9,10)21(32)33)20-17-25(5,6)30(13)26(7,8)18-20/h19-20H,14-18H2,1-13H3,(H,32,33)(H,34,35)/p-2. The molecule has 0 amide bonds. The molecule has 35 heavy (non-hydrogen) atoms. The van der Waals surface area contributed by atoms with Crippen LogP contribution in [0.4, 0.5) is 0 Å². The molecule has 2 aliphatic heterocycles. The monoisotopic (exact) mass is 493 g/mol. The molecule has 7 heteroatoms. The lowest BCUT2D eigenvalue weighted by Crippen LogP contribution is -2.75. The van der Waals surface area contributed by atoms with Gasteiger partial charge in [0.25, 0.3) is 0 Å². The fourth-order valence-corrected chi connectivity index (χ4v) is 7.64. The van der Waals surface area contributed by atoms with Gasteiger partial charge in [-0.2, -0.15) is 0 Å². The molecule has 0 aromatic rings. The summed E-state index contributed by atoms with van der Waals surface area (Å²) in [5, 5.41) is 25.6. The van der Waals surface area contributed by atoms with E-state index >= 15 is 0 Å². The fourth-order valence-electron chi connectivity index (χ4n) is 7.64. The number of carboxylic acid groups (broad SMARTS) is 2. The smallest absolute Gasteiger partial charge is 0.0615 e. The van der Waals surface area contributed by atoms with Crippen LogP contribution >= 0.6 is 0 Å². The first-order valence-electron chi connectivity index (χ1n) is 13.1.